The third-order valence-electron chi connectivity index (χ3n) is 7.68. The van der Waals surface area contributed by atoms with Crippen LogP contribution in [0.15, 0.2) is 55.3 Å². The maximum atomic E-state index is 13.4. The van der Waals surface area contributed by atoms with Gasteiger partial charge in [-0.25, -0.2) is 0 Å². The van der Waals surface area contributed by atoms with Crippen LogP contribution in [0.1, 0.15) is 57.4 Å². The summed E-state index contributed by atoms with van der Waals surface area (Å²) in [7, 11) is 0. The molecular formula is C29H34N6O2. The van der Waals surface area contributed by atoms with Gasteiger partial charge in [-0.1, -0.05) is 31.4 Å². The van der Waals surface area contributed by atoms with Crippen LogP contribution in [0.5, 0.6) is 0 Å². The van der Waals surface area contributed by atoms with Crippen LogP contribution in [0, 0.1) is 11.3 Å². The van der Waals surface area contributed by atoms with E-state index in [4.69, 9.17) is 17.2 Å². The number of nitriles is 1. The van der Waals surface area contributed by atoms with Crippen molar-refractivity contribution in [1.29, 1.82) is 5.26 Å². The number of amides is 2. The largest absolute Gasteiger partial charge is 0.399 e. The van der Waals surface area contributed by atoms with Crippen molar-refractivity contribution in [2.45, 2.75) is 43.6 Å². The highest BCUT2D eigenvalue weighted by atomic mass is 16.1. The van der Waals surface area contributed by atoms with Gasteiger partial charge in [0.2, 0.25) is 11.8 Å². The van der Waals surface area contributed by atoms with Crippen molar-refractivity contribution in [3.8, 4) is 6.07 Å². The summed E-state index contributed by atoms with van der Waals surface area (Å²) < 4.78 is 0. The first-order valence-electron chi connectivity index (χ1n) is 12.5. The fourth-order valence-corrected chi connectivity index (χ4v) is 5.75. The molecule has 1 aliphatic heterocycles. The molecule has 1 heterocycles. The van der Waals surface area contributed by atoms with Crippen molar-refractivity contribution < 1.29 is 9.59 Å². The van der Waals surface area contributed by atoms with Crippen molar-refractivity contribution in [3.63, 3.8) is 0 Å². The Morgan fingerprint density at radius 3 is 2.24 bits per heavy atom. The number of fused-ring (bicyclic) bond motifs is 2. The fraction of sp³-hybridized carbons (Fsp3) is 0.345. The Balaban J connectivity index is 1.69. The number of primary amides is 2. The van der Waals surface area contributed by atoms with Gasteiger partial charge in [0, 0.05) is 30.0 Å². The van der Waals surface area contributed by atoms with E-state index >= 15 is 0 Å². The zero-order valence-electron chi connectivity index (χ0n) is 21.1. The summed E-state index contributed by atoms with van der Waals surface area (Å²) in [4.78, 5) is 27.4. The molecule has 192 valence electrons. The molecule has 8 heteroatoms. The summed E-state index contributed by atoms with van der Waals surface area (Å²) in [6, 6.07) is 13.2. The van der Waals surface area contributed by atoms with E-state index in [1.165, 1.54) is 0 Å². The lowest BCUT2D eigenvalue weighted by Crippen LogP contribution is -2.45. The Bertz CT molecular complexity index is 1240. The molecule has 0 radical (unpaired) electrons. The quantitative estimate of drug-likeness (QED) is 0.389. The minimum Gasteiger partial charge on any atom is -0.399 e. The standard InChI is InChI=1S/C29H34N6O2/c1-18(35-13-3-4-24(35)16-30)17-34-12-11-29(28(33)37)25-9-7-20(19(2)31)14-21(25)5-6-22-15-23(27(32)36)8-10-26(22)29/h7-10,14-15,24,34H,1-6,11-13,17,31H2,(H2,32,36)(H2,33,37)/t24-,29?/m0/s1. The zero-order valence-corrected chi connectivity index (χ0v) is 21.1. The molecule has 37 heavy (non-hydrogen) atoms. The third kappa shape index (κ3) is 4.83. The lowest BCUT2D eigenvalue weighted by atomic mass is 9.69. The van der Waals surface area contributed by atoms with Gasteiger partial charge in [-0.3, -0.25) is 9.59 Å². The van der Waals surface area contributed by atoms with Crippen LogP contribution in [-0.2, 0) is 23.1 Å². The number of carbonyl (C=O) groups excluding carboxylic acids is 2. The van der Waals surface area contributed by atoms with E-state index in [0.717, 1.165) is 52.9 Å². The van der Waals surface area contributed by atoms with E-state index in [2.05, 4.69) is 24.5 Å². The summed E-state index contributed by atoms with van der Waals surface area (Å²) in [5.41, 5.74) is 22.6. The number of nitrogens with zero attached hydrogens (tertiary/aromatic N) is 2. The van der Waals surface area contributed by atoms with Crippen LogP contribution < -0.4 is 22.5 Å². The maximum Gasteiger partial charge on any atom is 0.248 e. The van der Waals surface area contributed by atoms with Gasteiger partial charge >= 0.3 is 0 Å². The second kappa shape index (κ2) is 10.5. The molecule has 8 nitrogen and oxygen atoms in total. The molecule has 4 rings (SSSR count). The smallest absolute Gasteiger partial charge is 0.248 e. The van der Waals surface area contributed by atoms with Gasteiger partial charge in [-0.15, -0.1) is 0 Å². The number of hydrogen-bond acceptors (Lipinski definition) is 6. The number of aryl methyl sites for hydroxylation is 2. The van der Waals surface area contributed by atoms with Crippen LogP contribution in [0.4, 0.5) is 0 Å². The average molecular weight is 499 g/mol. The average Bonchev–Trinajstić information content (AvgIpc) is 3.31. The second-order valence-corrected chi connectivity index (χ2v) is 9.88. The highest BCUT2D eigenvalue weighted by Crippen LogP contribution is 2.43. The van der Waals surface area contributed by atoms with Gasteiger partial charge in [-0.05, 0) is 84.7 Å². The fourth-order valence-electron chi connectivity index (χ4n) is 5.75. The molecule has 0 aromatic heterocycles. The number of hydrogen-bond donors (Lipinski definition) is 4. The van der Waals surface area contributed by atoms with Crippen LogP contribution in [0.3, 0.4) is 0 Å². The predicted molar refractivity (Wildman–Crippen MR) is 144 cm³/mol. The Labute approximate surface area is 217 Å². The molecule has 2 amide bonds. The van der Waals surface area contributed by atoms with E-state index in [0.29, 0.717) is 43.6 Å². The van der Waals surface area contributed by atoms with E-state index in [1.54, 1.807) is 12.1 Å². The van der Waals surface area contributed by atoms with Gasteiger partial charge in [0.25, 0.3) is 0 Å². The number of nitrogens with one attached hydrogen (secondary N) is 1. The molecule has 2 aromatic carbocycles. The van der Waals surface area contributed by atoms with Gasteiger partial charge in [0.15, 0.2) is 0 Å². The lowest BCUT2D eigenvalue weighted by molar-refractivity contribution is -0.122. The van der Waals surface area contributed by atoms with Gasteiger partial charge in [0.1, 0.15) is 11.5 Å². The number of carbonyl (C=O) groups is 2. The first-order valence-corrected chi connectivity index (χ1v) is 12.5. The molecule has 0 saturated carbocycles. The summed E-state index contributed by atoms with van der Waals surface area (Å²) >= 11 is 0. The number of nitrogens with two attached hydrogens (primary N) is 3. The summed E-state index contributed by atoms with van der Waals surface area (Å²) in [5.74, 6) is -0.985. The molecule has 2 aliphatic rings. The summed E-state index contributed by atoms with van der Waals surface area (Å²) in [5, 5.41) is 12.8. The maximum absolute atomic E-state index is 13.4. The highest BCUT2D eigenvalue weighted by Gasteiger charge is 2.44. The zero-order chi connectivity index (χ0) is 26.7. The van der Waals surface area contributed by atoms with Crippen LogP contribution in [-0.4, -0.2) is 42.4 Å². The lowest BCUT2D eigenvalue weighted by Gasteiger charge is -2.34. The topological polar surface area (TPSA) is 151 Å². The molecular weight excluding hydrogens is 464 g/mol. The van der Waals surface area contributed by atoms with Crippen LogP contribution >= 0.6 is 0 Å². The molecule has 1 saturated heterocycles. The van der Waals surface area contributed by atoms with Gasteiger partial charge in [0.05, 0.1) is 6.07 Å². The van der Waals surface area contributed by atoms with E-state index in [-0.39, 0.29) is 6.04 Å². The monoisotopic (exact) mass is 498 g/mol. The molecule has 0 bridgehead atoms. The van der Waals surface area contributed by atoms with Crippen molar-refractivity contribution in [3.05, 3.63) is 88.6 Å². The molecule has 0 spiro atoms. The predicted octanol–water partition coefficient (Wildman–Crippen LogP) is 2.07. The third-order valence-corrected chi connectivity index (χ3v) is 7.68. The van der Waals surface area contributed by atoms with E-state index in [1.807, 2.05) is 29.2 Å². The van der Waals surface area contributed by atoms with Gasteiger partial charge in [-0.2, -0.15) is 5.26 Å². The van der Waals surface area contributed by atoms with Crippen molar-refractivity contribution in [2.75, 3.05) is 19.6 Å². The van der Waals surface area contributed by atoms with Crippen molar-refractivity contribution >= 4 is 17.5 Å². The molecule has 2 aromatic rings. The minimum absolute atomic E-state index is 0.141. The number of likely N-dealkylation sites (tertiary alicyclic amines) is 1. The summed E-state index contributed by atoms with van der Waals surface area (Å²) in [6.07, 6.45) is 3.48. The first kappa shape index (κ1) is 26.0. The normalized spacial score (nSPS) is 20.3. The molecule has 1 aliphatic carbocycles. The Morgan fingerprint density at radius 1 is 1.05 bits per heavy atom. The number of rotatable bonds is 9. The highest BCUT2D eigenvalue weighted by molar-refractivity contribution is 5.95. The molecule has 1 unspecified atom stereocenters. The Kier molecular flexibility index (Phi) is 7.37. The van der Waals surface area contributed by atoms with Crippen molar-refractivity contribution in [2.24, 2.45) is 17.2 Å². The van der Waals surface area contributed by atoms with Gasteiger partial charge < -0.3 is 27.4 Å². The van der Waals surface area contributed by atoms with E-state index in [9.17, 15) is 14.9 Å². The SMILES string of the molecule is C=C(N)c1ccc2c(c1)CCc1cc(C(N)=O)ccc1C2(CCNCC(=C)N1CCC[C@H]1C#N)C(N)=O. The first-order chi connectivity index (χ1) is 17.7. The van der Waals surface area contributed by atoms with E-state index < -0.39 is 17.2 Å². The molecule has 2 atom stereocenters. The van der Waals surface area contributed by atoms with Crippen LogP contribution in [0.2, 0.25) is 0 Å². The Morgan fingerprint density at radius 2 is 1.68 bits per heavy atom. The molecule has 1 fully saturated rings. The van der Waals surface area contributed by atoms with Crippen LogP contribution in [0.25, 0.3) is 5.70 Å². The van der Waals surface area contributed by atoms with Crippen molar-refractivity contribution in [1.82, 2.24) is 10.2 Å². The Hall–Kier alpha value is -4.09. The number of benzene rings is 2. The second-order valence-electron chi connectivity index (χ2n) is 9.88. The summed E-state index contributed by atoms with van der Waals surface area (Å²) in [6.45, 7) is 9.82. The minimum atomic E-state index is -1.12. The molecule has 7 N–H and O–H groups in total.